The molecule has 0 atom stereocenters. The summed E-state index contributed by atoms with van der Waals surface area (Å²) in [7, 11) is 0. The minimum Gasteiger partial charge on any atom is -0.479 e. The van der Waals surface area contributed by atoms with Crippen molar-refractivity contribution in [3.05, 3.63) is 42.1 Å². The van der Waals surface area contributed by atoms with Gasteiger partial charge < -0.3 is 10.5 Å². The van der Waals surface area contributed by atoms with E-state index in [2.05, 4.69) is 16.9 Å². The Hall–Kier alpha value is -3.20. The predicted octanol–water partition coefficient (Wildman–Crippen LogP) is 3.13. The van der Waals surface area contributed by atoms with Gasteiger partial charge in [-0.2, -0.15) is 5.26 Å². The fourth-order valence-electron chi connectivity index (χ4n) is 2.50. The van der Waals surface area contributed by atoms with Gasteiger partial charge in [0.1, 0.15) is 17.3 Å². The van der Waals surface area contributed by atoms with E-state index in [1.54, 1.807) is 0 Å². The summed E-state index contributed by atoms with van der Waals surface area (Å²) < 4.78 is 5.27. The number of anilines is 1. The number of nitrogens with zero attached hydrogens (tertiary/aromatic N) is 4. The van der Waals surface area contributed by atoms with Gasteiger partial charge in [-0.1, -0.05) is 13.3 Å². The number of pyridine rings is 1. The van der Waals surface area contributed by atoms with E-state index in [1.165, 1.54) is 0 Å². The van der Waals surface area contributed by atoms with Crippen molar-refractivity contribution in [2.24, 2.45) is 0 Å². The fourth-order valence-corrected chi connectivity index (χ4v) is 2.50. The van der Waals surface area contributed by atoms with Crippen molar-refractivity contribution in [3.63, 3.8) is 0 Å². The van der Waals surface area contributed by atoms with Crippen LogP contribution in [0.4, 0.5) is 5.95 Å². The van der Waals surface area contributed by atoms with E-state index in [0.717, 1.165) is 40.8 Å². The SMILES string of the molecule is CCCc1nc(N)nc2ccc(-c3ccc(OCC#N)cc3)nc12. The molecule has 6 nitrogen and oxygen atoms in total. The highest BCUT2D eigenvalue weighted by Crippen LogP contribution is 2.24. The standard InChI is InChI=1S/C18H17N5O/c1-2-3-15-17-16(23-18(20)22-15)9-8-14(21-17)12-4-6-13(7-5-12)24-11-10-19/h4-9H,2-3,11H2,1H3,(H2,20,22,23). The van der Waals surface area contributed by atoms with Gasteiger partial charge in [-0.25, -0.2) is 15.0 Å². The molecular weight excluding hydrogens is 302 g/mol. The molecule has 0 unspecified atom stereocenters. The second-order valence-electron chi connectivity index (χ2n) is 5.31. The lowest BCUT2D eigenvalue weighted by Crippen LogP contribution is -2.02. The highest BCUT2D eigenvalue weighted by molar-refractivity contribution is 5.81. The second-order valence-corrected chi connectivity index (χ2v) is 5.31. The van der Waals surface area contributed by atoms with Crippen molar-refractivity contribution in [1.29, 1.82) is 5.26 Å². The van der Waals surface area contributed by atoms with E-state index in [1.807, 2.05) is 42.5 Å². The van der Waals surface area contributed by atoms with Gasteiger partial charge in [0, 0.05) is 5.56 Å². The maximum Gasteiger partial charge on any atom is 0.220 e. The maximum absolute atomic E-state index is 8.54. The van der Waals surface area contributed by atoms with Gasteiger partial charge in [0.2, 0.25) is 5.95 Å². The monoisotopic (exact) mass is 319 g/mol. The molecule has 24 heavy (non-hydrogen) atoms. The molecule has 3 rings (SSSR count). The molecule has 0 fully saturated rings. The van der Waals surface area contributed by atoms with Gasteiger partial charge in [0.15, 0.2) is 6.61 Å². The van der Waals surface area contributed by atoms with E-state index < -0.39 is 0 Å². The van der Waals surface area contributed by atoms with Crippen molar-refractivity contribution >= 4 is 17.0 Å². The van der Waals surface area contributed by atoms with Crippen molar-refractivity contribution in [2.75, 3.05) is 12.3 Å². The molecule has 2 aromatic heterocycles. The minimum atomic E-state index is 0.0344. The van der Waals surface area contributed by atoms with Crippen LogP contribution in [-0.4, -0.2) is 21.6 Å². The topological polar surface area (TPSA) is 97.7 Å². The molecule has 0 bridgehead atoms. The molecule has 2 N–H and O–H groups in total. The lowest BCUT2D eigenvalue weighted by Gasteiger charge is -2.08. The van der Waals surface area contributed by atoms with Crippen molar-refractivity contribution < 1.29 is 4.74 Å². The number of rotatable bonds is 5. The van der Waals surface area contributed by atoms with Crippen LogP contribution < -0.4 is 10.5 Å². The van der Waals surface area contributed by atoms with Crippen LogP contribution in [0.5, 0.6) is 5.75 Å². The number of aromatic nitrogens is 3. The molecule has 3 aromatic rings. The number of nitrogens with two attached hydrogens (primary N) is 1. The number of hydrogen-bond acceptors (Lipinski definition) is 6. The van der Waals surface area contributed by atoms with Gasteiger partial charge >= 0.3 is 0 Å². The molecule has 0 amide bonds. The number of fused-ring (bicyclic) bond motifs is 1. The van der Waals surface area contributed by atoms with E-state index in [4.69, 9.17) is 20.7 Å². The number of aryl methyl sites for hydroxylation is 1. The Morgan fingerprint density at radius 3 is 2.58 bits per heavy atom. The summed E-state index contributed by atoms with van der Waals surface area (Å²) in [5.41, 5.74) is 9.98. The summed E-state index contributed by atoms with van der Waals surface area (Å²) >= 11 is 0. The van der Waals surface area contributed by atoms with Gasteiger partial charge in [-0.3, -0.25) is 0 Å². The molecular formula is C18H17N5O. The van der Waals surface area contributed by atoms with Gasteiger partial charge in [0.05, 0.1) is 16.9 Å². The highest BCUT2D eigenvalue weighted by Gasteiger charge is 2.09. The first-order valence-electron chi connectivity index (χ1n) is 7.74. The Balaban J connectivity index is 1.99. The van der Waals surface area contributed by atoms with Crippen LogP contribution in [0.25, 0.3) is 22.3 Å². The van der Waals surface area contributed by atoms with Crippen LogP contribution in [0.1, 0.15) is 19.0 Å². The minimum absolute atomic E-state index is 0.0344. The second kappa shape index (κ2) is 6.92. The van der Waals surface area contributed by atoms with Crippen LogP contribution in [0, 0.1) is 11.3 Å². The third-order valence-electron chi connectivity index (χ3n) is 3.57. The molecule has 0 saturated carbocycles. The summed E-state index contributed by atoms with van der Waals surface area (Å²) in [6.07, 6.45) is 1.77. The molecule has 0 saturated heterocycles. The first kappa shape index (κ1) is 15.7. The summed E-state index contributed by atoms with van der Waals surface area (Å²) in [4.78, 5) is 13.3. The largest absolute Gasteiger partial charge is 0.479 e. The lowest BCUT2D eigenvalue weighted by molar-refractivity contribution is 0.368. The van der Waals surface area contributed by atoms with E-state index in [9.17, 15) is 0 Å². The van der Waals surface area contributed by atoms with Gasteiger partial charge in [-0.05, 0) is 42.8 Å². The number of nitriles is 1. The van der Waals surface area contributed by atoms with Crippen LogP contribution in [-0.2, 0) is 6.42 Å². The zero-order valence-electron chi connectivity index (χ0n) is 13.4. The first-order chi connectivity index (χ1) is 11.7. The van der Waals surface area contributed by atoms with Crippen LogP contribution in [0.2, 0.25) is 0 Å². The van der Waals surface area contributed by atoms with Crippen LogP contribution in [0.15, 0.2) is 36.4 Å². The molecule has 0 aliphatic carbocycles. The fraction of sp³-hybridized carbons (Fsp3) is 0.222. The van der Waals surface area contributed by atoms with Gasteiger partial charge in [0.25, 0.3) is 0 Å². The zero-order chi connectivity index (χ0) is 16.9. The average Bonchev–Trinajstić information content (AvgIpc) is 2.60. The zero-order valence-corrected chi connectivity index (χ0v) is 13.4. The third-order valence-corrected chi connectivity index (χ3v) is 3.57. The van der Waals surface area contributed by atoms with E-state index >= 15 is 0 Å². The van der Waals surface area contributed by atoms with Crippen LogP contribution >= 0.6 is 0 Å². The first-order valence-corrected chi connectivity index (χ1v) is 7.74. The Bertz CT molecular complexity index is 900. The molecule has 0 radical (unpaired) electrons. The van der Waals surface area contributed by atoms with Crippen LogP contribution in [0.3, 0.4) is 0 Å². The molecule has 6 heteroatoms. The molecule has 0 aliphatic heterocycles. The normalized spacial score (nSPS) is 10.5. The Labute approximate surface area is 139 Å². The number of ether oxygens (including phenoxy) is 1. The number of benzene rings is 1. The highest BCUT2D eigenvalue weighted by atomic mass is 16.5. The molecule has 0 spiro atoms. The molecule has 1 aromatic carbocycles. The quantitative estimate of drug-likeness (QED) is 0.776. The predicted molar refractivity (Wildman–Crippen MR) is 92.3 cm³/mol. The third kappa shape index (κ3) is 3.25. The average molecular weight is 319 g/mol. The summed E-state index contributed by atoms with van der Waals surface area (Å²) in [5.74, 6) is 0.934. The summed E-state index contributed by atoms with van der Waals surface area (Å²) in [6.45, 7) is 2.13. The van der Waals surface area contributed by atoms with Gasteiger partial charge in [-0.15, -0.1) is 0 Å². The lowest BCUT2D eigenvalue weighted by atomic mass is 10.1. The Morgan fingerprint density at radius 1 is 1.08 bits per heavy atom. The Kier molecular flexibility index (Phi) is 4.52. The smallest absolute Gasteiger partial charge is 0.220 e. The maximum atomic E-state index is 8.54. The summed E-state index contributed by atoms with van der Waals surface area (Å²) in [5, 5.41) is 8.54. The van der Waals surface area contributed by atoms with Crippen molar-refractivity contribution in [1.82, 2.24) is 15.0 Å². The van der Waals surface area contributed by atoms with E-state index in [0.29, 0.717) is 5.75 Å². The summed E-state index contributed by atoms with van der Waals surface area (Å²) in [6, 6.07) is 13.2. The number of hydrogen-bond donors (Lipinski definition) is 1. The molecule has 120 valence electrons. The Morgan fingerprint density at radius 2 is 1.88 bits per heavy atom. The number of nitrogen functional groups attached to an aromatic ring is 1. The molecule has 2 heterocycles. The van der Waals surface area contributed by atoms with E-state index in [-0.39, 0.29) is 12.6 Å². The van der Waals surface area contributed by atoms with Crippen molar-refractivity contribution in [3.8, 4) is 23.1 Å². The van der Waals surface area contributed by atoms with Crippen molar-refractivity contribution in [2.45, 2.75) is 19.8 Å². The molecule has 0 aliphatic rings.